The van der Waals surface area contributed by atoms with Crippen molar-refractivity contribution < 1.29 is 23.5 Å². The van der Waals surface area contributed by atoms with E-state index in [1.54, 1.807) is 61.2 Å². The van der Waals surface area contributed by atoms with Crippen molar-refractivity contribution in [2.45, 2.75) is 17.7 Å². The molecule has 2 amide bonds. The quantitative estimate of drug-likeness (QED) is 0.720. The molecule has 164 valence electrons. The van der Waals surface area contributed by atoms with E-state index < -0.39 is 5.82 Å². The van der Waals surface area contributed by atoms with Gasteiger partial charge in [0.1, 0.15) is 17.3 Å². The van der Waals surface area contributed by atoms with Crippen LogP contribution in [0.2, 0.25) is 0 Å². The first-order valence-corrected chi connectivity index (χ1v) is 11.2. The minimum Gasteiger partial charge on any atom is -0.497 e. The van der Waals surface area contributed by atoms with Crippen LogP contribution in [-0.2, 0) is 0 Å². The van der Waals surface area contributed by atoms with Crippen LogP contribution in [0.3, 0.4) is 0 Å². The third-order valence-electron chi connectivity index (χ3n) is 5.92. The molecule has 2 saturated heterocycles. The summed E-state index contributed by atoms with van der Waals surface area (Å²) in [4.78, 5) is 29.5. The zero-order valence-electron chi connectivity index (χ0n) is 17.6. The molecule has 31 heavy (non-hydrogen) atoms. The first-order chi connectivity index (χ1) is 15.0. The molecule has 0 aliphatic carbocycles. The van der Waals surface area contributed by atoms with Crippen LogP contribution in [0.4, 0.5) is 4.39 Å². The predicted molar refractivity (Wildman–Crippen MR) is 117 cm³/mol. The van der Waals surface area contributed by atoms with Crippen molar-refractivity contribution >= 4 is 23.6 Å². The minimum atomic E-state index is -0.420. The topological polar surface area (TPSA) is 59.1 Å². The fourth-order valence-electron chi connectivity index (χ4n) is 4.26. The molecule has 0 N–H and O–H groups in total. The molecule has 2 heterocycles. The molecule has 6 nitrogen and oxygen atoms in total. The van der Waals surface area contributed by atoms with E-state index in [4.69, 9.17) is 9.47 Å². The summed E-state index contributed by atoms with van der Waals surface area (Å²) in [6.07, 6.45) is 1.34. The molecule has 2 aliphatic rings. The van der Waals surface area contributed by atoms with E-state index in [2.05, 4.69) is 0 Å². The second-order valence-electron chi connectivity index (χ2n) is 7.66. The van der Waals surface area contributed by atoms with Crippen LogP contribution in [0, 0.1) is 5.82 Å². The maximum atomic E-state index is 13.5. The number of nitrogens with zero attached hydrogens (tertiary/aromatic N) is 2. The number of hydrogen-bond donors (Lipinski definition) is 0. The highest BCUT2D eigenvalue weighted by atomic mass is 32.2. The fraction of sp³-hybridized carbons (Fsp3) is 0.391. The Bertz CT molecular complexity index is 969. The van der Waals surface area contributed by atoms with Gasteiger partial charge in [-0.25, -0.2) is 4.39 Å². The Kier molecular flexibility index (Phi) is 6.09. The molecule has 0 unspecified atom stereocenters. The maximum Gasteiger partial charge on any atom is 0.255 e. The van der Waals surface area contributed by atoms with Crippen LogP contribution in [0.25, 0.3) is 0 Å². The number of halogens is 1. The van der Waals surface area contributed by atoms with E-state index in [9.17, 15) is 14.0 Å². The van der Waals surface area contributed by atoms with Gasteiger partial charge in [0.05, 0.1) is 19.1 Å². The Labute approximate surface area is 185 Å². The number of carbonyl (C=O) groups is 2. The van der Waals surface area contributed by atoms with Gasteiger partial charge in [-0.2, -0.15) is 0 Å². The van der Waals surface area contributed by atoms with Gasteiger partial charge < -0.3 is 19.3 Å². The predicted octanol–water partition coefficient (Wildman–Crippen LogP) is 3.66. The van der Waals surface area contributed by atoms with Gasteiger partial charge in [-0.1, -0.05) is 6.07 Å². The second kappa shape index (κ2) is 8.78. The first kappa shape index (κ1) is 21.5. The number of piperidine rings is 1. The summed E-state index contributed by atoms with van der Waals surface area (Å²) < 4.78 is 24.1. The number of carbonyl (C=O) groups excluding carboxylic acids is 2. The van der Waals surface area contributed by atoms with Gasteiger partial charge >= 0.3 is 0 Å². The molecule has 2 fully saturated rings. The van der Waals surface area contributed by atoms with Crippen LogP contribution in [0.5, 0.6) is 11.5 Å². The molecule has 0 saturated carbocycles. The molecule has 0 aromatic heterocycles. The molecule has 2 aromatic carbocycles. The molecule has 2 aromatic rings. The largest absolute Gasteiger partial charge is 0.497 e. The number of likely N-dealkylation sites (tertiary alicyclic amines) is 1. The normalized spacial score (nSPS) is 17.6. The molecule has 4 rings (SSSR count). The van der Waals surface area contributed by atoms with Crippen molar-refractivity contribution in [2.75, 3.05) is 39.6 Å². The van der Waals surface area contributed by atoms with E-state index in [0.29, 0.717) is 55.1 Å². The molecule has 8 heteroatoms. The Morgan fingerprint density at radius 3 is 2.23 bits per heavy atom. The Hall–Kier alpha value is -2.74. The number of rotatable bonds is 4. The average Bonchev–Trinajstić information content (AvgIpc) is 3.20. The van der Waals surface area contributed by atoms with Crippen molar-refractivity contribution in [3.63, 3.8) is 0 Å². The zero-order chi connectivity index (χ0) is 22.0. The lowest BCUT2D eigenvalue weighted by Gasteiger charge is -2.44. The lowest BCUT2D eigenvalue weighted by Crippen LogP contribution is -2.53. The van der Waals surface area contributed by atoms with Crippen molar-refractivity contribution in [2.24, 2.45) is 0 Å². The van der Waals surface area contributed by atoms with Crippen LogP contribution in [-0.4, -0.2) is 66.1 Å². The Morgan fingerprint density at radius 1 is 0.935 bits per heavy atom. The molecular weight excluding hydrogens is 419 g/mol. The van der Waals surface area contributed by atoms with E-state index in [1.165, 1.54) is 12.1 Å². The highest BCUT2D eigenvalue weighted by Gasteiger charge is 2.47. The number of ether oxygens (including phenoxy) is 2. The van der Waals surface area contributed by atoms with Crippen LogP contribution in [0.15, 0.2) is 42.5 Å². The number of hydrogen-bond acceptors (Lipinski definition) is 5. The highest BCUT2D eigenvalue weighted by molar-refractivity contribution is 8.00. The number of amides is 2. The molecule has 0 atom stereocenters. The van der Waals surface area contributed by atoms with Gasteiger partial charge in [0.25, 0.3) is 11.8 Å². The summed E-state index contributed by atoms with van der Waals surface area (Å²) in [5.74, 6) is 1.33. The minimum absolute atomic E-state index is 0.0629. The van der Waals surface area contributed by atoms with Crippen LogP contribution < -0.4 is 9.47 Å². The lowest BCUT2D eigenvalue weighted by molar-refractivity contribution is 0.0497. The summed E-state index contributed by atoms with van der Waals surface area (Å²) >= 11 is 1.77. The SMILES string of the molecule is COc1cc(OC)cc(C(=O)N2CCSC23CCN(C(=O)c2cccc(F)c2)CC3)c1. The van der Waals surface area contributed by atoms with Crippen LogP contribution >= 0.6 is 11.8 Å². The summed E-state index contributed by atoms with van der Waals surface area (Å²) in [5, 5.41) is 0. The van der Waals surface area contributed by atoms with E-state index in [0.717, 1.165) is 5.75 Å². The summed E-state index contributed by atoms with van der Waals surface area (Å²) in [6, 6.07) is 11.0. The van der Waals surface area contributed by atoms with Crippen LogP contribution in [0.1, 0.15) is 33.6 Å². The van der Waals surface area contributed by atoms with E-state index >= 15 is 0 Å². The van der Waals surface area contributed by atoms with Gasteiger partial charge in [-0.05, 0) is 43.2 Å². The summed E-state index contributed by atoms with van der Waals surface area (Å²) in [5.41, 5.74) is 0.878. The number of thioether (sulfide) groups is 1. The lowest BCUT2D eigenvalue weighted by atomic mass is 10.00. The highest BCUT2D eigenvalue weighted by Crippen LogP contribution is 2.45. The fourth-order valence-corrected chi connectivity index (χ4v) is 5.71. The maximum absolute atomic E-state index is 13.5. The van der Waals surface area contributed by atoms with Crippen molar-refractivity contribution in [1.82, 2.24) is 9.80 Å². The summed E-state index contributed by atoms with van der Waals surface area (Å²) in [7, 11) is 3.11. The Balaban J connectivity index is 1.50. The molecule has 0 bridgehead atoms. The van der Waals surface area contributed by atoms with E-state index in [1.807, 2.05) is 4.90 Å². The molecule has 1 spiro atoms. The van der Waals surface area contributed by atoms with Gasteiger partial charge in [0.15, 0.2) is 0 Å². The number of methoxy groups -OCH3 is 2. The molecular formula is C23H25FN2O4S. The van der Waals surface area contributed by atoms with Crippen molar-refractivity contribution in [1.29, 1.82) is 0 Å². The van der Waals surface area contributed by atoms with Gasteiger partial charge in [-0.15, -0.1) is 11.8 Å². The van der Waals surface area contributed by atoms with Crippen molar-refractivity contribution in [3.05, 3.63) is 59.4 Å². The first-order valence-electron chi connectivity index (χ1n) is 10.2. The zero-order valence-corrected chi connectivity index (χ0v) is 18.4. The smallest absolute Gasteiger partial charge is 0.255 e. The van der Waals surface area contributed by atoms with Gasteiger partial charge in [0, 0.05) is 42.6 Å². The molecule has 2 aliphatic heterocycles. The van der Waals surface area contributed by atoms with Crippen molar-refractivity contribution in [3.8, 4) is 11.5 Å². The standard InChI is InChI=1S/C23H25FN2O4S/c1-29-19-13-17(14-20(15-19)30-2)22(28)26-10-11-31-23(26)6-8-25(9-7-23)21(27)16-4-3-5-18(24)12-16/h3-5,12-15H,6-11H2,1-2H3. The van der Waals surface area contributed by atoms with Gasteiger partial charge in [-0.3, -0.25) is 9.59 Å². The second-order valence-corrected chi connectivity index (χ2v) is 9.11. The third kappa shape index (κ3) is 4.21. The molecule has 0 radical (unpaired) electrons. The van der Waals surface area contributed by atoms with Gasteiger partial charge in [0.2, 0.25) is 0 Å². The Morgan fingerprint density at radius 2 is 1.61 bits per heavy atom. The van der Waals surface area contributed by atoms with E-state index in [-0.39, 0.29) is 16.7 Å². The monoisotopic (exact) mass is 444 g/mol. The summed E-state index contributed by atoms with van der Waals surface area (Å²) in [6.45, 7) is 1.70. The third-order valence-corrected chi connectivity index (χ3v) is 7.48. The average molecular weight is 445 g/mol. The number of benzene rings is 2.